The van der Waals surface area contributed by atoms with Gasteiger partial charge >= 0.3 is 193 Å². The molecule has 5 rings (SSSR count). The van der Waals surface area contributed by atoms with Crippen molar-refractivity contribution >= 4 is 11.0 Å². The van der Waals surface area contributed by atoms with Gasteiger partial charge in [-0.25, -0.2) is 0 Å². The second kappa shape index (κ2) is 8.14. The molecule has 1 aliphatic heterocycles. The number of allylic oxidation sites excluding steroid dienone is 1. The molecule has 3 aromatic carbocycles. The molecule has 2 heterocycles. The van der Waals surface area contributed by atoms with E-state index in [-0.39, 0.29) is 5.88 Å². The fraction of sp³-hybridized carbons (Fsp3) is 0.0769. The first-order chi connectivity index (χ1) is 15.6. The number of methoxy groups -OCH3 is 1. The summed E-state index contributed by atoms with van der Waals surface area (Å²) in [5.74, 6) is 0.853. The van der Waals surface area contributed by atoms with Gasteiger partial charge in [0.2, 0.25) is 0 Å². The van der Waals surface area contributed by atoms with E-state index in [0.717, 1.165) is 22.4 Å². The van der Waals surface area contributed by atoms with Gasteiger partial charge in [0.25, 0.3) is 0 Å². The Morgan fingerprint density at radius 1 is 1.03 bits per heavy atom. The van der Waals surface area contributed by atoms with E-state index >= 15 is 0 Å². The molecule has 1 aliphatic rings. The first-order valence-electron chi connectivity index (χ1n) is 9.99. The third kappa shape index (κ3) is 3.24. The number of benzene rings is 3. The molecule has 0 aliphatic carbocycles. The standard InChI is InChI=1S/C26H18NO4.V/c1-15-22(17-12-13-20(29-2)19(14-17)16-8-4-3-5-9-16)23-24(31-25(15)27)18-10-6-7-11-21(18)30-26(23)28;/h3-14,22H,27H2,2H3;. The molecule has 32 heavy (non-hydrogen) atoms. The first kappa shape index (κ1) is 20.3. The molecule has 4 aromatic rings. The van der Waals surface area contributed by atoms with E-state index in [4.69, 9.17) is 19.6 Å². The van der Waals surface area contributed by atoms with Gasteiger partial charge in [-0.05, 0) is 0 Å². The minimum atomic E-state index is -0.504. The number of hydrogen-bond donors (Lipinski definition) is 1. The quantitative estimate of drug-likeness (QED) is 0.451. The second-order valence-electron chi connectivity index (χ2n) is 7.38. The van der Waals surface area contributed by atoms with E-state index in [0.29, 0.717) is 27.9 Å². The van der Waals surface area contributed by atoms with Gasteiger partial charge in [0, 0.05) is 0 Å². The molecule has 0 amide bonds. The Morgan fingerprint density at radius 2 is 1.78 bits per heavy atom. The predicted octanol–water partition coefficient (Wildman–Crippen LogP) is 4.67. The Bertz CT molecular complexity index is 1480. The Balaban J connectivity index is 1.80. The molecular formula is C26H18NO4V. The van der Waals surface area contributed by atoms with Crippen molar-refractivity contribution < 1.29 is 30.7 Å². The van der Waals surface area contributed by atoms with Crippen LogP contribution in [-0.2, 0) is 16.8 Å². The second-order valence-corrected chi connectivity index (χ2v) is 7.73. The van der Waals surface area contributed by atoms with Crippen molar-refractivity contribution in [3.8, 4) is 27.2 Å². The van der Waals surface area contributed by atoms with Crippen molar-refractivity contribution in [1.82, 2.24) is 0 Å². The number of rotatable bonds is 3. The zero-order valence-electron chi connectivity index (χ0n) is 17.2. The average molecular weight is 459 g/mol. The van der Waals surface area contributed by atoms with Crippen molar-refractivity contribution in [3.63, 3.8) is 0 Å². The summed E-state index contributed by atoms with van der Waals surface area (Å²) in [6, 6.07) is 23.0. The van der Waals surface area contributed by atoms with Gasteiger partial charge in [-0.1, -0.05) is 0 Å². The van der Waals surface area contributed by atoms with Gasteiger partial charge in [0.1, 0.15) is 0 Å². The molecular weight excluding hydrogens is 441 g/mol. The van der Waals surface area contributed by atoms with E-state index in [2.05, 4.69) is 21.3 Å². The van der Waals surface area contributed by atoms with Crippen molar-refractivity contribution in [1.29, 1.82) is 0 Å². The number of para-hydroxylation sites is 1. The third-order valence-corrected chi connectivity index (χ3v) is 5.99. The molecule has 5 nitrogen and oxygen atoms in total. The summed E-state index contributed by atoms with van der Waals surface area (Å²) in [7, 11) is 1.64. The van der Waals surface area contributed by atoms with Crippen LogP contribution >= 0.6 is 0 Å². The number of fused-ring (bicyclic) bond motifs is 3. The summed E-state index contributed by atoms with van der Waals surface area (Å²) in [6.45, 7) is 0. The van der Waals surface area contributed by atoms with Crippen LogP contribution in [0.1, 0.15) is 17.0 Å². The van der Waals surface area contributed by atoms with Crippen molar-refractivity contribution in [2.75, 3.05) is 7.11 Å². The van der Waals surface area contributed by atoms with Crippen molar-refractivity contribution in [2.24, 2.45) is 5.73 Å². The molecule has 0 saturated carbocycles. The van der Waals surface area contributed by atoms with Crippen LogP contribution in [0.2, 0.25) is 0 Å². The number of nitrogens with two attached hydrogens (primary N) is 1. The molecule has 1 atom stereocenters. The summed E-state index contributed by atoms with van der Waals surface area (Å²) in [4.78, 5) is 13.1. The Morgan fingerprint density at radius 3 is 2.53 bits per heavy atom. The summed E-state index contributed by atoms with van der Waals surface area (Å²) < 4.78 is 20.3. The topological polar surface area (TPSA) is 74.7 Å². The fourth-order valence-electron chi connectivity index (χ4n) is 4.15. The maximum atomic E-state index is 13.1. The Hall–Kier alpha value is -3.63. The Kier molecular flexibility index (Phi) is 5.16. The van der Waals surface area contributed by atoms with Crippen LogP contribution in [0.15, 0.2) is 93.5 Å². The number of ether oxygens (including phenoxy) is 2. The van der Waals surface area contributed by atoms with Gasteiger partial charge in [0.05, 0.1) is 0 Å². The van der Waals surface area contributed by atoms with E-state index in [9.17, 15) is 4.79 Å². The normalized spacial score (nSPS) is 15.1. The van der Waals surface area contributed by atoms with Gasteiger partial charge < -0.3 is 0 Å². The summed E-state index contributed by atoms with van der Waals surface area (Å²) in [5.41, 5.74) is 10.0. The fourth-order valence-corrected chi connectivity index (χ4v) is 4.52. The summed E-state index contributed by atoms with van der Waals surface area (Å²) in [6.07, 6.45) is 0. The summed E-state index contributed by atoms with van der Waals surface area (Å²) >= 11 is 2.27. The van der Waals surface area contributed by atoms with Crippen molar-refractivity contribution in [2.45, 2.75) is 5.92 Å². The Labute approximate surface area is 193 Å². The van der Waals surface area contributed by atoms with Gasteiger partial charge in [-0.3, -0.25) is 0 Å². The molecule has 0 saturated heterocycles. The van der Waals surface area contributed by atoms with E-state index < -0.39 is 11.5 Å². The zero-order chi connectivity index (χ0) is 22.2. The van der Waals surface area contributed by atoms with Gasteiger partial charge in [-0.2, -0.15) is 0 Å². The van der Waals surface area contributed by atoms with Crippen LogP contribution in [0.4, 0.5) is 0 Å². The van der Waals surface area contributed by atoms with Crippen LogP contribution in [0.25, 0.3) is 22.1 Å². The molecule has 1 unspecified atom stereocenters. The molecule has 0 bridgehead atoms. The third-order valence-electron chi connectivity index (χ3n) is 5.62. The summed E-state index contributed by atoms with van der Waals surface area (Å²) in [5, 5.41) is 0.691. The molecule has 0 spiro atoms. The maximum absolute atomic E-state index is 13.1. The van der Waals surface area contributed by atoms with E-state index in [1.54, 1.807) is 13.2 Å². The van der Waals surface area contributed by atoms with Gasteiger partial charge in [0.15, 0.2) is 0 Å². The van der Waals surface area contributed by atoms with E-state index in [1.807, 2.05) is 66.7 Å². The minimum absolute atomic E-state index is 0.205. The van der Waals surface area contributed by atoms with Crippen LogP contribution in [0.3, 0.4) is 0 Å². The van der Waals surface area contributed by atoms with Crippen LogP contribution in [0.5, 0.6) is 11.5 Å². The molecule has 2 N–H and O–H groups in total. The predicted molar refractivity (Wildman–Crippen MR) is 118 cm³/mol. The molecule has 6 heteroatoms. The van der Waals surface area contributed by atoms with Crippen LogP contribution < -0.4 is 20.8 Å². The average Bonchev–Trinajstić information content (AvgIpc) is 2.83. The monoisotopic (exact) mass is 459 g/mol. The molecule has 1 aromatic heterocycles. The van der Waals surface area contributed by atoms with Crippen molar-refractivity contribution in [3.05, 3.63) is 106 Å². The number of hydrogen-bond acceptors (Lipinski definition) is 5. The SMILES string of the molecule is COc1ccc(C2C([C]#[V])=C(N)Oc3c2c(=O)oc2ccccc32)cc1-c1ccccc1. The van der Waals surface area contributed by atoms with Gasteiger partial charge in [-0.15, -0.1) is 0 Å². The molecule has 0 radical (unpaired) electrons. The van der Waals surface area contributed by atoms with E-state index in [1.165, 1.54) is 0 Å². The zero-order valence-corrected chi connectivity index (χ0v) is 18.6. The van der Waals surface area contributed by atoms with Crippen LogP contribution in [0, 0.1) is 4.53 Å². The molecule has 0 fully saturated rings. The first-order valence-corrected chi connectivity index (χ1v) is 10.7. The molecule has 156 valence electrons. The van der Waals surface area contributed by atoms with Crippen LogP contribution in [-0.4, -0.2) is 7.11 Å².